The summed E-state index contributed by atoms with van der Waals surface area (Å²) in [4.78, 5) is 0. The van der Waals surface area contributed by atoms with Gasteiger partial charge in [-0.15, -0.1) is 5.10 Å². The smallest absolute Gasteiger partial charge is 0.151 e. The second-order valence-corrected chi connectivity index (χ2v) is 4.27. The molecule has 0 aliphatic rings. The molecule has 0 unspecified atom stereocenters. The molecule has 1 heterocycles. The van der Waals surface area contributed by atoms with Crippen molar-refractivity contribution in [3.8, 4) is 5.69 Å². The van der Waals surface area contributed by atoms with E-state index in [0.717, 1.165) is 12.1 Å². The lowest BCUT2D eigenvalue weighted by atomic mass is 10.0. The number of halogens is 2. The van der Waals surface area contributed by atoms with Crippen molar-refractivity contribution in [3.05, 3.63) is 41.7 Å². The number of hydrogen-bond acceptors (Lipinski definition) is 3. The first-order valence-electron chi connectivity index (χ1n) is 5.54. The molecular formula is C12H13F2N3O. The molecule has 0 saturated carbocycles. The molecule has 1 N–H and O–H groups in total. The minimum atomic E-state index is -1.12. The predicted octanol–water partition coefficient (Wildman–Crippen LogP) is 2.16. The molecule has 96 valence electrons. The van der Waals surface area contributed by atoms with Crippen LogP contribution in [0.2, 0.25) is 0 Å². The molecular weight excluding hydrogens is 240 g/mol. The number of aliphatic hydroxyl groups is 1. The maximum Gasteiger partial charge on any atom is 0.151 e. The third-order valence-corrected chi connectivity index (χ3v) is 2.89. The molecule has 18 heavy (non-hydrogen) atoms. The Balaban J connectivity index is 2.41. The van der Waals surface area contributed by atoms with Crippen molar-refractivity contribution in [1.29, 1.82) is 0 Å². The Hall–Kier alpha value is -1.82. The minimum absolute atomic E-state index is 0.0852. The molecule has 0 aliphatic heterocycles. The summed E-state index contributed by atoms with van der Waals surface area (Å²) in [6.07, 6.45) is 1.89. The average molecular weight is 253 g/mol. The van der Waals surface area contributed by atoms with Crippen molar-refractivity contribution in [1.82, 2.24) is 15.0 Å². The SMILES string of the molecule is CC[C@](C)(O)c1cn(-c2ccc(F)cc2F)nn1. The first-order valence-corrected chi connectivity index (χ1v) is 5.54. The van der Waals surface area contributed by atoms with Crippen LogP contribution >= 0.6 is 0 Å². The highest BCUT2D eigenvalue weighted by Crippen LogP contribution is 2.22. The summed E-state index contributed by atoms with van der Waals surface area (Å²) < 4.78 is 27.5. The standard InChI is InChI=1S/C12H13F2N3O/c1-3-12(2,18)11-7-17(16-15-11)10-5-4-8(13)6-9(10)14/h4-7,18H,3H2,1-2H3/t12-/m0/s1. The molecule has 0 fully saturated rings. The zero-order chi connectivity index (χ0) is 13.3. The van der Waals surface area contributed by atoms with Crippen LogP contribution < -0.4 is 0 Å². The monoisotopic (exact) mass is 253 g/mol. The van der Waals surface area contributed by atoms with E-state index in [-0.39, 0.29) is 5.69 Å². The molecule has 0 aliphatic carbocycles. The number of rotatable bonds is 3. The lowest BCUT2D eigenvalue weighted by molar-refractivity contribution is 0.0484. The molecule has 1 aromatic carbocycles. The van der Waals surface area contributed by atoms with E-state index in [1.807, 2.05) is 0 Å². The van der Waals surface area contributed by atoms with Crippen molar-refractivity contribution in [3.63, 3.8) is 0 Å². The van der Waals surface area contributed by atoms with Crippen molar-refractivity contribution >= 4 is 0 Å². The van der Waals surface area contributed by atoms with Gasteiger partial charge in [-0.2, -0.15) is 0 Å². The van der Waals surface area contributed by atoms with Crippen molar-refractivity contribution in [2.24, 2.45) is 0 Å². The second kappa shape index (κ2) is 4.45. The summed E-state index contributed by atoms with van der Waals surface area (Å²) in [5.74, 6) is -1.39. The number of nitrogens with zero attached hydrogens (tertiary/aromatic N) is 3. The van der Waals surface area contributed by atoms with Crippen LogP contribution in [-0.2, 0) is 5.60 Å². The predicted molar refractivity (Wildman–Crippen MR) is 61.1 cm³/mol. The third-order valence-electron chi connectivity index (χ3n) is 2.89. The van der Waals surface area contributed by atoms with E-state index in [9.17, 15) is 13.9 Å². The summed E-state index contributed by atoms with van der Waals surface area (Å²) in [6, 6.07) is 3.18. The Morgan fingerprint density at radius 2 is 2.11 bits per heavy atom. The first-order chi connectivity index (χ1) is 8.44. The lowest BCUT2D eigenvalue weighted by Crippen LogP contribution is -2.20. The van der Waals surface area contributed by atoms with Gasteiger partial charge in [-0.1, -0.05) is 12.1 Å². The Kier molecular flexibility index (Phi) is 3.13. The zero-order valence-electron chi connectivity index (χ0n) is 10.1. The number of hydrogen-bond donors (Lipinski definition) is 1. The van der Waals surface area contributed by atoms with Crippen LogP contribution in [0.5, 0.6) is 0 Å². The summed E-state index contributed by atoms with van der Waals surface area (Å²) >= 11 is 0. The van der Waals surface area contributed by atoms with Crippen LogP contribution in [0.15, 0.2) is 24.4 Å². The molecule has 6 heteroatoms. The molecule has 0 spiro atoms. The van der Waals surface area contributed by atoms with E-state index in [1.54, 1.807) is 13.8 Å². The summed E-state index contributed by atoms with van der Waals surface area (Å²) in [7, 11) is 0. The third kappa shape index (κ3) is 2.24. The van der Waals surface area contributed by atoms with Gasteiger partial charge in [0, 0.05) is 6.07 Å². The fourth-order valence-electron chi connectivity index (χ4n) is 1.48. The van der Waals surface area contributed by atoms with Crippen LogP contribution in [0.25, 0.3) is 5.69 Å². The van der Waals surface area contributed by atoms with Crippen molar-refractivity contribution < 1.29 is 13.9 Å². The van der Waals surface area contributed by atoms with E-state index >= 15 is 0 Å². The first kappa shape index (κ1) is 12.6. The fourth-order valence-corrected chi connectivity index (χ4v) is 1.48. The quantitative estimate of drug-likeness (QED) is 0.912. The molecule has 4 nitrogen and oxygen atoms in total. The minimum Gasteiger partial charge on any atom is -0.384 e. The molecule has 0 saturated heterocycles. The molecule has 1 atom stereocenters. The van der Waals surface area contributed by atoms with E-state index < -0.39 is 17.2 Å². The Labute approximate surface area is 103 Å². The molecule has 0 amide bonds. The number of aromatic nitrogens is 3. The normalized spacial score (nSPS) is 14.5. The maximum absolute atomic E-state index is 13.5. The average Bonchev–Trinajstić information content (AvgIpc) is 2.79. The molecule has 2 rings (SSSR count). The van der Waals surface area contributed by atoms with E-state index in [0.29, 0.717) is 12.1 Å². The molecule has 0 radical (unpaired) electrons. The van der Waals surface area contributed by atoms with Gasteiger partial charge in [0.1, 0.15) is 22.8 Å². The van der Waals surface area contributed by atoms with E-state index in [1.165, 1.54) is 16.9 Å². The highest BCUT2D eigenvalue weighted by Gasteiger charge is 2.24. The molecule has 0 bridgehead atoms. The van der Waals surface area contributed by atoms with Crippen LogP contribution in [0.3, 0.4) is 0 Å². The van der Waals surface area contributed by atoms with Crippen LogP contribution in [0.4, 0.5) is 8.78 Å². The zero-order valence-corrected chi connectivity index (χ0v) is 10.1. The highest BCUT2D eigenvalue weighted by molar-refractivity contribution is 5.33. The molecule has 2 aromatic rings. The van der Waals surface area contributed by atoms with E-state index in [2.05, 4.69) is 10.3 Å². The van der Waals surface area contributed by atoms with Crippen molar-refractivity contribution in [2.75, 3.05) is 0 Å². The Morgan fingerprint density at radius 1 is 1.39 bits per heavy atom. The van der Waals surface area contributed by atoms with Gasteiger partial charge in [0.15, 0.2) is 5.82 Å². The highest BCUT2D eigenvalue weighted by atomic mass is 19.1. The van der Waals surface area contributed by atoms with Gasteiger partial charge in [-0.05, 0) is 25.5 Å². The summed E-state index contributed by atoms with van der Waals surface area (Å²) in [5, 5.41) is 17.5. The van der Waals surface area contributed by atoms with Crippen molar-refractivity contribution in [2.45, 2.75) is 25.9 Å². The fraction of sp³-hybridized carbons (Fsp3) is 0.333. The van der Waals surface area contributed by atoms with Gasteiger partial charge in [-0.25, -0.2) is 13.5 Å². The van der Waals surface area contributed by atoms with E-state index in [4.69, 9.17) is 0 Å². The second-order valence-electron chi connectivity index (χ2n) is 4.27. The number of benzene rings is 1. The van der Waals surface area contributed by atoms with Gasteiger partial charge in [-0.3, -0.25) is 0 Å². The van der Waals surface area contributed by atoms with Gasteiger partial charge < -0.3 is 5.11 Å². The molecule has 1 aromatic heterocycles. The van der Waals surface area contributed by atoms with Gasteiger partial charge in [0.2, 0.25) is 0 Å². The maximum atomic E-state index is 13.5. The Morgan fingerprint density at radius 3 is 2.72 bits per heavy atom. The lowest BCUT2D eigenvalue weighted by Gasteiger charge is -2.16. The van der Waals surface area contributed by atoms with Crippen LogP contribution in [0.1, 0.15) is 26.0 Å². The topological polar surface area (TPSA) is 50.9 Å². The van der Waals surface area contributed by atoms with Crippen LogP contribution in [0, 0.1) is 11.6 Å². The summed E-state index contributed by atoms with van der Waals surface area (Å²) in [6.45, 7) is 3.40. The van der Waals surface area contributed by atoms with Gasteiger partial charge in [0.05, 0.1) is 6.20 Å². The van der Waals surface area contributed by atoms with Gasteiger partial charge in [0.25, 0.3) is 0 Å². The Bertz CT molecular complexity index is 566. The summed E-state index contributed by atoms with van der Waals surface area (Å²) in [5.41, 5.74) is -0.690. The van der Waals surface area contributed by atoms with Crippen LogP contribution in [-0.4, -0.2) is 20.1 Å². The largest absolute Gasteiger partial charge is 0.384 e. The van der Waals surface area contributed by atoms with Gasteiger partial charge >= 0.3 is 0 Å².